The molecule has 0 saturated carbocycles. The van der Waals surface area contributed by atoms with Gasteiger partial charge in [-0.3, -0.25) is 4.79 Å². The molecule has 2 fully saturated rings. The number of esters is 1. The summed E-state index contributed by atoms with van der Waals surface area (Å²) in [6.07, 6.45) is -1.41. The number of hydrogen-bond donors (Lipinski definition) is 0. The van der Waals surface area contributed by atoms with Crippen LogP contribution in [0.5, 0.6) is 0 Å². The largest absolute Gasteiger partial charge is 0.464 e. The van der Waals surface area contributed by atoms with E-state index in [-0.39, 0.29) is 43.9 Å². The maximum absolute atomic E-state index is 12.6. The normalized spacial score (nSPS) is 27.4. The predicted molar refractivity (Wildman–Crippen MR) is 54.2 cm³/mol. The smallest absolute Gasteiger partial charge is 0.332 e. The van der Waals surface area contributed by atoms with Gasteiger partial charge in [-0.15, -0.1) is 0 Å². The standard InChI is InChI=1S/C11H13F2NO3/c1-2-17-10(16)11-4-3-8(15)14(11)6-7(5-11)9(12)13/h2-6H2,1H3/t11-/m1/s1. The number of rotatable bonds is 2. The van der Waals surface area contributed by atoms with Crippen LogP contribution in [0.2, 0.25) is 0 Å². The fourth-order valence-corrected chi connectivity index (χ4v) is 2.52. The number of amides is 1. The van der Waals surface area contributed by atoms with Crippen molar-refractivity contribution in [3.63, 3.8) is 0 Å². The Morgan fingerprint density at radius 3 is 2.82 bits per heavy atom. The zero-order valence-corrected chi connectivity index (χ0v) is 9.46. The van der Waals surface area contributed by atoms with Crippen molar-refractivity contribution in [2.75, 3.05) is 13.2 Å². The summed E-state index contributed by atoms with van der Waals surface area (Å²) in [5, 5.41) is 0. The molecule has 0 aromatic heterocycles. The molecule has 0 bridgehead atoms. The first-order chi connectivity index (χ1) is 8.01. The fourth-order valence-electron chi connectivity index (χ4n) is 2.52. The molecule has 6 heteroatoms. The molecule has 0 aliphatic carbocycles. The van der Waals surface area contributed by atoms with Gasteiger partial charge in [0.1, 0.15) is 5.54 Å². The van der Waals surface area contributed by atoms with E-state index in [2.05, 4.69) is 0 Å². The number of ether oxygens (including phenoxy) is 1. The van der Waals surface area contributed by atoms with Crippen molar-refractivity contribution in [3.05, 3.63) is 11.7 Å². The number of fused-ring (bicyclic) bond motifs is 1. The third-order valence-electron chi connectivity index (χ3n) is 3.35. The molecule has 0 aromatic carbocycles. The van der Waals surface area contributed by atoms with E-state index in [9.17, 15) is 18.4 Å². The van der Waals surface area contributed by atoms with Gasteiger partial charge in [0.25, 0.3) is 6.08 Å². The van der Waals surface area contributed by atoms with Crippen molar-refractivity contribution in [1.82, 2.24) is 4.90 Å². The molecule has 4 nitrogen and oxygen atoms in total. The van der Waals surface area contributed by atoms with Crippen LogP contribution >= 0.6 is 0 Å². The number of nitrogens with zero attached hydrogens (tertiary/aromatic N) is 1. The molecular formula is C11H13F2NO3. The Kier molecular flexibility index (Phi) is 2.89. The quantitative estimate of drug-likeness (QED) is 0.692. The van der Waals surface area contributed by atoms with E-state index in [0.717, 1.165) is 0 Å². The van der Waals surface area contributed by atoms with Gasteiger partial charge in [-0.25, -0.2) is 4.79 Å². The minimum absolute atomic E-state index is 0.0973. The van der Waals surface area contributed by atoms with Crippen molar-refractivity contribution >= 4 is 11.9 Å². The molecule has 1 amide bonds. The Bertz CT molecular complexity index is 404. The monoisotopic (exact) mass is 245 g/mol. The van der Waals surface area contributed by atoms with Crippen LogP contribution in [0.3, 0.4) is 0 Å². The second-order valence-corrected chi connectivity index (χ2v) is 4.27. The highest BCUT2D eigenvalue weighted by atomic mass is 19.3. The van der Waals surface area contributed by atoms with E-state index in [0.29, 0.717) is 0 Å². The van der Waals surface area contributed by atoms with Crippen LogP contribution in [0.4, 0.5) is 8.78 Å². The summed E-state index contributed by atoms with van der Waals surface area (Å²) in [7, 11) is 0. The lowest BCUT2D eigenvalue weighted by Crippen LogP contribution is -2.48. The predicted octanol–water partition coefficient (Wildman–Crippen LogP) is 1.47. The average Bonchev–Trinajstić information content (AvgIpc) is 2.79. The minimum atomic E-state index is -1.80. The Hall–Kier alpha value is -1.46. The molecule has 2 aliphatic heterocycles. The molecule has 2 heterocycles. The first kappa shape index (κ1) is 12.0. The summed E-state index contributed by atoms with van der Waals surface area (Å²) in [5.74, 6) is -0.823. The topological polar surface area (TPSA) is 46.6 Å². The molecule has 0 N–H and O–H groups in total. The summed E-state index contributed by atoms with van der Waals surface area (Å²) < 4.78 is 30.1. The Labute approximate surface area is 97.2 Å². The van der Waals surface area contributed by atoms with Crippen molar-refractivity contribution in [2.24, 2.45) is 0 Å². The lowest BCUT2D eigenvalue weighted by atomic mass is 9.93. The van der Waals surface area contributed by atoms with Gasteiger partial charge in [0.05, 0.1) is 6.61 Å². The van der Waals surface area contributed by atoms with Crippen LogP contribution in [-0.4, -0.2) is 35.5 Å². The molecule has 1 atom stereocenters. The third kappa shape index (κ3) is 1.71. The molecule has 2 aliphatic rings. The van der Waals surface area contributed by atoms with E-state index in [1.54, 1.807) is 6.92 Å². The molecule has 17 heavy (non-hydrogen) atoms. The van der Waals surface area contributed by atoms with Crippen molar-refractivity contribution in [3.8, 4) is 0 Å². The molecule has 0 radical (unpaired) electrons. The van der Waals surface area contributed by atoms with Gasteiger partial charge in [-0.1, -0.05) is 0 Å². The first-order valence-electron chi connectivity index (χ1n) is 5.52. The van der Waals surface area contributed by atoms with Gasteiger partial charge in [0, 0.05) is 25.0 Å². The van der Waals surface area contributed by atoms with Crippen LogP contribution < -0.4 is 0 Å². The van der Waals surface area contributed by atoms with Gasteiger partial charge >= 0.3 is 5.97 Å². The Morgan fingerprint density at radius 2 is 2.24 bits per heavy atom. The SMILES string of the molecule is CCOC(=O)[C@]12CCC(=O)N1CC(=C(F)F)C2. The van der Waals surface area contributed by atoms with Crippen LogP contribution in [-0.2, 0) is 14.3 Å². The van der Waals surface area contributed by atoms with Gasteiger partial charge < -0.3 is 9.64 Å². The second-order valence-electron chi connectivity index (χ2n) is 4.27. The maximum atomic E-state index is 12.6. The lowest BCUT2D eigenvalue weighted by Gasteiger charge is -2.28. The third-order valence-corrected chi connectivity index (χ3v) is 3.35. The number of hydrogen-bond acceptors (Lipinski definition) is 3. The van der Waals surface area contributed by atoms with Gasteiger partial charge in [0.15, 0.2) is 0 Å². The lowest BCUT2D eigenvalue weighted by molar-refractivity contribution is -0.157. The average molecular weight is 245 g/mol. The second kappa shape index (κ2) is 4.09. The summed E-state index contributed by atoms with van der Waals surface area (Å²) >= 11 is 0. The fraction of sp³-hybridized carbons (Fsp3) is 0.636. The number of carbonyl (C=O) groups is 2. The van der Waals surface area contributed by atoms with Gasteiger partial charge in [-0.05, 0) is 13.3 Å². The first-order valence-corrected chi connectivity index (χ1v) is 5.52. The van der Waals surface area contributed by atoms with Crippen molar-refractivity contribution in [1.29, 1.82) is 0 Å². The maximum Gasteiger partial charge on any atom is 0.332 e. The highest BCUT2D eigenvalue weighted by Gasteiger charge is 2.57. The minimum Gasteiger partial charge on any atom is -0.464 e. The van der Waals surface area contributed by atoms with E-state index in [1.165, 1.54) is 4.90 Å². The van der Waals surface area contributed by atoms with Crippen molar-refractivity contribution in [2.45, 2.75) is 31.7 Å². The molecule has 0 aromatic rings. The Balaban J connectivity index is 2.33. The van der Waals surface area contributed by atoms with Crippen LogP contribution in [0.15, 0.2) is 11.7 Å². The van der Waals surface area contributed by atoms with Crippen LogP contribution in [0.25, 0.3) is 0 Å². The van der Waals surface area contributed by atoms with Crippen LogP contribution in [0, 0.1) is 0 Å². The highest BCUT2D eigenvalue weighted by molar-refractivity contribution is 5.93. The molecule has 94 valence electrons. The van der Waals surface area contributed by atoms with E-state index in [1.807, 2.05) is 0 Å². The highest BCUT2D eigenvalue weighted by Crippen LogP contribution is 2.44. The van der Waals surface area contributed by atoms with Gasteiger partial charge in [-0.2, -0.15) is 8.78 Å². The zero-order chi connectivity index (χ0) is 12.6. The summed E-state index contributed by atoms with van der Waals surface area (Å²) in [6, 6.07) is 0. The molecule has 0 unspecified atom stereocenters. The molecule has 2 saturated heterocycles. The number of halogens is 2. The van der Waals surface area contributed by atoms with Gasteiger partial charge in [0.2, 0.25) is 5.91 Å². The Morgan fingerprint density at radius 1 is 1.53 bits per heavy atom. The summed E-state index contributed by atoms with van der Waals surface area (Å²) in [6.45, 7) is 1.68. The van der Waals surface area contributed by atoms with E-state index < -0.39 is 17.6 Å². The van der Waals surface area contributed by atoms with Crippen LogP contribution in [0.1, 0.15) is 26.2 Å². The summed E-state index contributed by atoms with van der Waals surface area (Å²) in [4.78, 5) is 24.7. The van der Waals surface area contributed by atoms with E-state index in [4.69, 9.17) is 4.74 Å². The zero-order valence-electron chi connectivity index (χ0n) is 9.46. The van der Waals surface area contributed by atoms with Crippen molar-refractivity contribution < 1.29 is 23.1 Å². The molecule has 0 spiro atoms. The molecule has 2 rings (SSSR count). The molecular weight excluding hydrogens is 232 g/mol. The summed E-state index contributed by atoms with van der Waals surface area (Å²) in [5.41, 5.74) is -1.31. The van der Waals surface area contributed by atoms with E-state index >= 15 is 0 Å². The number of carbonyl (C=O) groups excluding carboxylic acids is 2.